The average Bonchev–Trinajstić information content (AvgIpc) is 2.32. The average molecular weight is 246 g/mol. The third-order valence-corrected chi connectivity index (χ3v) is 3.99. The fourth-order valence-corrected chi connectivity index (χ4v) is 2.57. The maximum atomic E-state index is 6.07. The Bertz CT molecular complexity index is 364. The molecule has 1 nitrogen and oxygen atoms in total. The van der Waals surface area contributed by atoms with Crippen molar-refractivity contribution in [2.24, 2.45) is 5.92 Å². The zero-order valence-electron chi connectivity index (χ0n) is 12.2. The molecule has 0 amide bonds. The highest BCUT2D eigenvalue weighted by atomic mass is 16.5. The Morgan fingerprint density at radius 2 is 1.50 bits per heavy atom. The van der Waals surface area contributed by atoms with E-state index >= 15 is 0 Å². The quantitative estimate of drug-likeness (QED) is 0.718. The molecule has 0 heterocycles. The van der Waals surface area contributed by atoms with Crippen LogP contribution >= 0.6 is 0 Å². The van der Waals surface area contributed by atoms with Crippen LogP contribution in [0.1, 0.15) is 58.9 Å². The van der Waals surface area contributed by atoms with Crippen molar-refractivity contribution in [3.63, 3.8) is 0 Å². The summed E-state index contributed by atoms with van der Waals surface area (Å²) in [5.41, 5.74) is 1.59. The molecule has 2 rings (SSSR count). The minimum Gasteiger partial charge on any atom is -0.490 e. The van der Waals surface area contributed by atoms with Gasteiger partial charge in [-0.15, -0.1) is 0 Å². The highest BCUT2D eigenvalue weighted by Crippen LogP contribution is 2.29. The van der Waals surface area contributed by atoms with Gasteiger partial charge in [0.05, 0.1) is 6.10 Å². The van der Waals surface area contributed by atoms with E-state index in [1.165, 1.54) is 31.2 Å². The smallest absolute Gasteiger partial charge is 0.119 e. The minimum absolute atomic E-state index is 0.221. The van der Waals surface area contributed by atoms with E-state index in [0.29, 0.717) is 6.10 Å². The van der Waals surface area contributed by atoms with Crippen LogP contribution in [0.3, 0.4) is 0 Å². The molecule has 1 aromatic rings. The van der Waals surface area contributed by atoms with Gasteiger partial charge in [-0.3, -0.25) is 0 Å². The van der Waals surface area contributed by atoms with Crippen molar-refractivity contribution in [3.8, 4) is 5.75 Å². The van der Waals surface area contributed by atoms with Crippen molar-refractivity contribution < 1.29 is 4.74 Å². The van der Waals surface area contributed by atoms with Crippen LogP contribution in [0.2, 0.25) is 0 Å². The van der Waals surface area contributed by atoms with Crippen molar-refractivity contribution in [2.75, 3.05) is 0 Å². The van der Waals surface area contributed by atoms with Crippen molar-refractivity contribution in [1.29, 1.82) is 0 Å². The van der Waals surface area contributed by atoms with Crippen LogP contribution in [0, 0.1) is 5.92 Å². The second-order valence-electron chi connectivity index (χ2n) is 6.77. The van der Waals surface area contributed by atoms with Gasteiger partial charge in [-0.25, -0.2) is 0 Å². The molecule has 1 saturated carbocycles. The number of benzene rings is 1. The van der Waals surface area contributed by atoms with Crippen molar-refractivity contribution in [2.45, 2.75) is 64.9 Å². The molecule has 1 heteroatoms. The van der Waals surface area contributed by atoms with Gasteiger partial charge in [0, 0.05) is 0 Å². The molecule has 100 valence electrons. The lowest BCUT2D eigenvalue weighted by Gasteiger charge is -2.27. The van der Waals surface area contributed by atoms with Gasteiger partial charge in [0.2, 0.25) is 0 Å². The minimum atomic E-state index is 0.221. The van der Waals surface area contributed by atoms with Crippen molar-refractivity contribution in [3.05, 3.63) is 29.8 Å². The van der Waals surface area contributed by atoms with Crippen molar-refractivity contribution in [1.82, 2.24) is 0 Å². The summed E-state index contributed by atoms with van der Waals surface area (Å²) in [6.45, 7) is 9.07. The first-order chi connectivity index (χ1) is 8.45. The third-order valence-electron chi connectivity index (χ3n) is 3.99. The monoisotopic (exact) mass is 246 g/mol. The van der Waals surface area contributed by atoms with Crippen LogP contribution in [0.25, 0.3) is 0 Å². The van der Waals surface area contributed by atoms with Gasteiger partial charge in [0.25, 0.3) is 0 Å². The fourth-order valence-electron chi connectivity index (χ4n) is 2.57. The third kappa shape index (κ3) is 3.51. The molecule has 0 aliphatic heterocycles. The molecule has 0 saturated heterocycles. The second kappa shape index (κ2) is 5.34. The molecule has 18 heavy (non-hydrogen) atoms. The Balaban J connectivity index is 1.94. The normalized spacial score (nSPS) is 24.9. The first kappa shape index (κ1) is 13.5. The lowest BCUT2D eigenvalue weighted by Crippen LogP contribution is -2.23. The molecule has 0 unspecified atom stereocenters. The highest BCUT2D eigenvalue weighted by Gasteiger charge is 2.19. The van der Waals surface area contributed by atoms with Crippen LogP contribution in [0.15, 0.2) is 24.3 Å². The summed E-state index contributed by atoms with van der Waals surface area (Å²) in [5.74, 6) is 1.91. The SMILES string of the molecule is CC1CCC(Oc2ccc(C(C)(C)C)cc2)CC1. The van der Waals surface area contributed by atoms with Crippen molar-refractivity contribution >= 4 is 0 Å². The Morgan fingerprint density at radius 1 is 0.944 bits per heavy atom. The Labute approximate surface area is 112 Å². The van der Waals surface area contributed by atoms with E-state index in [1.54, 1.807) is 0 Å². The van der Waals surface area contributed by atoms with Gasteiger partial charge in [0.1, 0.15) is 5.75 Å². The van der Waals surface area contributed by atoms with Crippen LogP contribution in [-0.2, 0) is 5.41 Å². The van der Waals surface area contributed by atoms with E-state index in [2.05, 4.69) is 52.0 Å². The van der Waals surface area contributed by atoms with E-state index in [9.17, 15) is 0 Å². The van der Waals surface area contributed by atoms with Gasteiger partial charge in [-0.2, -0.15) is 0 Å². The van der Waals surface area contributed by atoms with Gasteiger partial charge >= 0.3 is 0 Å². The Kier molecular flexibility index (Phi) is 3.99. The van der Waals surface area contributed by atoms with Crippen LogP contribution in [0.5, 0.6) is 5.75 Å². The molecule has 0 N–H and O–H groups in total. The molecule has 0 atom stereocenters. The fraction of sp³-hybridized carbons (Fsp3) is 0.647. The molecule has 1 aromatic carbocycles. The lowest BCUT2D eigenvalue weighted by molar-refractivity contribution is 0.135. The summed E-state index contributed by atoms with van der Waals surface area (Å²) in [7, 11) is 0. The maximum Gasteiger partial charge on any atom is 0.119 e. The summed E-state index contributed by atoms with van der Waals surface area (Å²) >= 11 is 0. The lowest BCUT2D eigenvalue weighted by atomic mass is 9.87. The van der Waals surface area contributed by atoms with Gasteiger partial charge in [0.15, 0.2) is 0 Å². The van der Waals surface area contributed by atoms with Gasteiger partial charge < -0.3 is 4.74 Å². The van der Waals surface area contributed by atoms with Gasteiger partial charge in [-0.1, -0.05) is 39.8 Å². The molecule has 1 aliphatic rings. The topological polar surface area (TPSA) is 9.23 Å². The van der Waals surface area contributed by atoms with E-state index in [0.717, 1.165) is 11.7 Å². The molecule has 0 radical (unpaired) electrons. The molecular weight excluding hydrogens is 220 g/mol. The Hall–Kier alpha value is -0.980. The zero-order valence-corrected chi connectivity index (χ0v) is 12.2. The molecule has 0 spiro atoms. The summed E-state index contributed by atoms with van der Waals surface area (Å²) in [6, 6.07) is 8.64. The van der Waals surface area contributed by atoms with E-state index < -0.39 is 0 Å². The number of ether oxygens (including phenoxy) is 1. The molecule has 0 bridgehead atoms. The first-order valence-corrected chi connectivity index (χ1v) is 7.22. The molecule has 1 fully saturated rings. The molecule has 0 aromatic heterocycles. The summed E-state index contributed by atoms with van der Waals surface area (Å²) in [5, 5.41) is 0. The second-order valence-corrected chi connectivity index (χ2v) is 6.77. The molecular formula is C17H26O. The van der Waals surface area contributed by atoms with E-state index in [-0.39, 0.29) is 5.41 Å². The van der Waals surface area contributed by atoms with E-state index in [1.807, 2.05) is 0 Å². The van der Waals surface area contributed by atoms with E-state index in [4.69, 9.17) is 4.74 Å². The molecule has 1 aliphatic carbocycles. The zero-order chi connectivity index (χ0) is 13.2. The number of hydrogen-bond donors (Lipinski definition) is 0. The largest absolute Gasteiger partial charge is 0.490 e. The number of rotatable bonds is 2. The van der Waals surface area contributed by atoms with Gasteiger partial charge in [-0.05, 0) is 54.7 Å². The number of hydrogen-bond acceptors (Lipinski definition) is 1. The Morgan fingerprint density at radius 3 is 2.00 bits per heavy atom. The predicted molar refractivity (Wildman–Crippen MR) is 77.2 cm³/mol. The predicted octanol–water partition coefficient (Wildman–Crippen LogP) is 4.94. The highest BCUT2D eigenvalue weighted by molar-refractivity contribution is 5.31. The first-order valence-electron chi connectivity index (χ1n) is 7.22. The van der Waals surface area contributed by atoms with Crippen LogP contribution in [-0.4, -0.2) is 6.10 Å². The summed E-state index contributed by atoms with van der Waals surface area (Å²) in [4.78, 5) is 0. The van der Waals surface area contributed by atoms with Crippen LogP contribution < -0.4 is 4.74 Å². The summed E-state index contributed by atoms with van der Waals surface area (Å²) < 4.78 is 6.07. The maximum absolute atomic E-state index is 6.07. The summed E-state index contributed by atoms with van der Waals surface area (Å²) in [6.07, 6.45) is 5.47. The standard InChI is InChI=1S/C17H26O/c1-13-5-9-15(10-6-13)18-16-11-7-14(8-12-16)17(2,3)4/h7-8,11-13,15H,5-6,9-10H2,1-4H3. The van der Waals surface area contributed by atoms with Crippen LogP contribution in [0.4, 0.5) is 0 Å².